The van der Waals surface area contributed by atoms with Gasteiger partial charge in [0.05, 0.1) is 5.69 Å². The van der Waals surface area contributed by atoms with Gasteiger partial charge in [0, 0.05) is 11.3 Å². The van der Waals surface area contributed by atoms with Crippen molar-refractivity contribution in [2.45, 2.75) is 37.0 Å². The predicted octanol–water partition coefficient (Wildman–Crippen LogP) is 4.17. The topological polar surface area (TPSA) is 29.1 Å². The standard InChI is InChI=1S/C16H21NOS/c1-19-15-5-3-2-4-14(15)17-16(18)10-13-9-11-6-7-12(13)8-11/h2-5,11-13H,6-10H2,1H3,(H,17,18)/t11-,12-,13+/m0/s1. The molecule has 19 heavy (non-hydrogen) atoms. The van der Waals surface area contributed by atoms with Crippen LogP contribution >= 0.6 is 11.8 Å². The lowest BCUT2D eigenvalue weighted by Crippen LogP contribution is -2.20. The highest BCUT2D eigenvalue weighted by atomic mass is 32.2. The zero-order valence-electron chi connectivity index (χ0n) is 11.4. The largest absolute Gasteiger partial charge is 0.325 e. The van der Waals surface area contributed by atoms with E-state index in [2.05, 4.69) is 11.4 Å². The molecule has 2 nitrogen and oxygen atoms in total. The average molecular weight is 275 g/mol. The van der Waals surface area contributed by atoms with Gasteiger partial charge in [-0.1, -0.05) is 18.6 Å². The van der Waals surface area contributed by atoms with E-state index in [-0.39, 0.29) is 5.91 Å². The molecule has 3 atom stereocenters. The molecule has 0 spiro atoms. The fourth-order valence-electron chi connectivity index (χ4n) is 3.81. The molecule has 1 amide bonds. The summed E-state index contributed by atoms with van der Waals surface area (Å²) in [6.45, 7) is 0. The Morgan fingerprint density at radius 1 is 1.32 bits per heavy atom. The number of para-hydroxylation sites is 1. The fraction of sp³-hybridized carbons (Fsp3) is 0.562. The van der Waals surface area contributed by atoms with E-state index in [0.29, 0.717) is 12.3 Å². The highest BCUT2D eigenvalue weighted by Crippen LogP contribution is 2.49. The van der Waals surface area contributed by atoms with Gasteiger partial charge < -0.3 is 5.32 Å². The van der Waals surface area contributed by atoms with Gasteiger partial charge in [-0.15, -0.1) is 11.8 Å². The summed E-state index contributed by atoms with van der Waals surface area (Å²) in [5.74, 6) is 2.58. The number of thioether (sulfide) groups is 1. The molecule has 0 heterocycles. The number of carbonyl (C=O) groups excluding carboxylic acids is 1. The average Bonchev–Trinajstić information content (AvgIpc) is 3.01. The molecule has 1 aromatic carbocycles. The molecule has 2 aliphatic rings. The van der Waals surface area contributed by atoms with Gasteiger partial charge in [0.15, 0.2) is 0 Å². The smallest absolute Gasteiger partial charge is 0.224 e. The van der Waals surface area contributed by atoms with Gasteiger partial charge in [-0.2, -0.15) is 0 Å². The Bertz CT molecular complexity index is 474. The van der Waals surface area contributed by atoms with Crippen LogP contribution in [-0.4, -0.2) is 12.2 Å². The van der Waals surface area contributed by atoms with Crippen LogP contribution in [0.2, 0.25) is 0 Å². The van der Waals surface area contributed by atoms with Crippen molar-refractivity contribution in [3.05, 3.63) is 24.3 Å². The van der Waals surface area contributed by atoms with Gasteiger partial charge in [-0.3, -0.25) is 4.79 Å². The van der Waals surface area contributed by atoms with Crippen LogP contribution in [0.1, 0.15) is 32.1 Å². The van der Waals surface area contributed by atoms with E-state index in [4.69, 9.17) is 0 Å². The molecule has 2 saturated carbocycles. The van der Waals surface area contributed by atoms with Crippen molar-refractivity contribution in [3.63, 3.8) is 0 Å². The first-order valence-electron chi connectivity index (χ1n) is 7.19. The Balaban J connectivity index is 1.59. The van der Waals surface area contributed by atoms with Crippen LogP contribution in [-0.2, 0) is 4.79 Å². The summed E-state index contributed by atoms with van der Waals surface area (Å²) in [6.07, 6.45) is 8.16. The fourth-order valence-corrected chi connectivity index (χ4v) is 4.37. The lowest BCUT2D eigenvalue weighted by Gasteiger charge is -2.21. The van der Waals surface area contributed by atoms with Crippen LogP contribution in [0, 0.1) is 17.8 Å². The maximum Gasteiger partial charge on any atom is 0.224 e. The van der Waals surface area contributed by atoms with Crippen LogP contribution in [0.3, 0.4) is 0 Å². The molecule has 2 fully saturated rings. The molecule has 1 N–H and O–H groups in total. The summed E-state index contributed by atoms with van der Waals surface area (Å²) in [5.41, 5.74) is 0.961. The molecule has 102 valence electrons. The van der Waals surface area contributed by atoms with Crippen molar-refractivity contribution < 1.29 is 4.79 Å². The van der Waals surface area contributed by atoms with E-state index in [1.165, 1.54) is 25.7 Å². The van der Waals surface area contributed by atoms with Crippen LogP contribution in [0.4, 0.5) is 5.69 Å². The van der Waals surface area contributed by atoms with Crippen LogP contribution in [0.5, 0.6) is 0 Å². The van der Waals surface area contributed by atoms with E-state index in [0.717, 1.165) is 22.4 Å². The van der Waals surface area contributed by atoms with Gasteiger partial charge in [0.2, 0.25) is 5.91 Å². The number of nitrogens with one attached hydrogen (secondary N) is 1. The lowest BCUT2D eigenvalue weighted by atomic mass is 9.86. The molecule has 0 aliphatic heterocycles. The first-order valence-corrected chi connectivity index (χ1v) is 8.41. The number of carbonyl (C=O) groups is 1. The molecule has 0 aromatic heterocycles. The second-order valence-electron chi connectivity index (χ2n) is 5.89. The van der Waals surface area contributed by atoms with E-state index in [9.17, 15) is 4.79 Å². The maximum atomic E-state index is 12.2. The highest BCUT2D eigenvalue weighted by Gasteiger charge is 2.40. The number of amides is 1. The first kappa shape index (κ1) is 13.0. The SMILES string of the molecule is CSc1ccccc1NC(=O)C[C@H]1C[C@H]2CC[C@H]1C2. The summed E-state index contributed by atoms with van der Waals surface area (Å²) in [6, 6.07) is 8.03. The minimum Gasteiger partial charge on any atom is -0.325 e. The van der Waals surface area contributed by atoms with Gasteiger partial charge in [0.25, 0.3) is 0 Å². The number of hydrogen-bond donors (Lipinski definition) is 1. The summed E-state index contributed by atoms with van der Waals surface area (Å²) in [7, 11) is 0. The highest BCUT2D eigenvalue weighted by molar-refractivity contribution is 7.98. The molecular weight excluding hydrogens is 254 g/mol. The minimum atomic E-state index is 0.194. The molecule has 0 unspecified atom stereocenters. The Hall–Kier alpha value is -0.960. The second kappa shape index (κ2) is 5.58. The van der Waals surface area contributed by atoms with Crippen LogP contribution < -0.4 is 5.32 Å². The molecule has 3 rings (SSSR count). The van der Waals surface area contributed by atoms with E-state index in [1.54, 1.807) is 11.8 Å². The van der Waals surface area contributed by atoms with Crippen molar-refractivity contribution in [1.29, 1.82) is 0 Å². The molecule has 2 aliphatic carbocycles. The second-order valence-corrected chi connectivity index (χ2v) is 6.74. The molecular formula is C16H21NOS. The molecule has 0 saturated heterocycles. The maximum absolute atomic E-state index is 12.2. The van der Waals surface area contributed by atoms with Crippen molar-refractivity contribution >= 4 is 23.4 Å². The Morgan fingerprint density at radius 3 is 2.84 bits per heavy atom. The quantitative estimate of drug-likeness (QED) is 0.835. The van der Waals surface area contributed by atoms with Gasteiger partial charge in [-0.25, -0.2) is 0 Å². The Kier molecular flexibility index (Phi) is 3.83. The third kappa shape index (κ3) is 2.81. The summed E-state index contributed by atoms with van der Waals surface area (Å²) in [5, 5.41) is 3.09. The Morgan fingerprint density at radius 2 is 2.16 bits per heavy atom. The monoisotopic (exact) mass is 275 g/mol. The molecule has 0 radical (unpaired) electrons. The normalized spacial score (nSPS) is 28.6. The number of benzene rings is 1. The summed E-state index contributed by atoms with van der Waals surface area (Å²) >= 11 is 1.68. The van der Waals surface area contributed by atoms with Crippen molar-refractivity contribution in [1.82, 2.24) is 0 Å². The van der Waals surface area contributed by atoms with Crippen molar-refractivity contribution in [2.24, 2.45) is 17.8 Å². The van der Waals surface area contributed by atoms with Gasteiger partial charge >= 0.3 is 0 Å². The number of rotatable bonds is 4. The molecule has 2 bridgehead atoms. The zero-order valence-corrected chi connectivity index (χ0v) is 12.2. The zero-order chi connectivity index (χ0) is 13.2. The number of hydrogen-bond acceptors (Lipinski definition) is 2. The lowest BCUT2D eigenvalue weighted by molar-refractivity contribution is -0.117. The van der Waals surface area contributed by atoms with Gasteiger partial charge in [-0.05, 0) is 55.4 Å². The first-order chi connectivity index (χ1) is 9.26. The van der Waals surface area contributed by atoms with E-state index >= 15 is 0 Å². The summed E-state index contributed by atoms with van der Waals surface area (Å²) < 4.78 is 0. The molecule has 3 heteroatoms. The van der Waals surface area contributed by atoms with Gasteiger partial charge in [0.1, 0.15) is 0 Å². The van der Waals surface area contributed by atoms with E-state index < -0.39 is 0 Å². The third-order valence-electron chi connectivity index (χ3n) is 4.71. The minimum absolute atomic E-state index is 0.194. The number of fused-ring (bicyclic) bond motifs is 2. The van der Waals surface area contributed by atoms with Crippen LogP contribution in [0.15, 0.2) is 29.2 Å². The summed E-state index contributed by atoms with van der Waals surface area (Å²) in [4.78, 5) is 13.3. The van der Waals surface area contributed by atoms with Crippen molar-refractivity contribution in [2.75, 3.05) is 11.6 Å². The predicted molar refractivity (Wildman–Crippen MR) is 80.4 cm³/mol. The third-order valence-corrected chi connectivity index (χ3v) is 5.51. The Labute approximate surface area is 119 Å². The molecule has 1 aromatic rings. The van der Waals surface area contributed by atoms with Crippen molar-refractivity contribution in [3.8, 4) is 0 Å². The van der Waals surface area contributed by atoms with Crippen LogP contribution in [0.25, 0.3) is 0 Å². The van der Waals surface area contributed by atoms with E-state index in [1.807, 2.05) is 24.5 Å². The number of anilines is 1.